The number of benzene rings is 1. The van der Waals surface area contributed by atoms with Crippen LogP contribution in [0.25, 0.3) is 11.6 Å². The van der Waals surface area contributed by atoms with E-state index in [1.807, 2.05) is 29.2 Å². The number of nitrogens with one attached hydrogen (secondary N) is 1. The molecule has 0 radical (unpaired) electrons. The minimum Gasteiger partial charge on any atom is -0.339 e. The van der Waals surface area contributed by atoms with Gasteiger partial charge in [0.05, 0.1) is 0 Å². The highest BCUT2D eigenvalue weighted by atomic mass is 16.2. The van der Waals surface area contributed by atoms with Crippen molar-refractivity contribution in [3.05, 3.63) is 71.9 Å². The van der Waals surface area contributed by atoms with Gasteiger partial charge in [0.2, 0.25) is 11.8 Å². The topological polar surface area (TPSA) is 62.3 Å². The van der Waals surface area contributed by atoms with Crippen molar-refractivity contribution in [3.8, 4) is 0 Å². The second-order valence-corrected chi connectivity index (χ2v) is 8.24. The lowest BCUT2D eigenvalue weighted by Gasteiger charge is -2.18. The van der Waals surface area contributed by atoms with Gasteiger partial charge < -0.3 is 10.2 Å². The Kier molecular flexibility index (Phi) is 6.92. The molecule has 2 aromatic rings. The first-order valence-corrected chi connectivity index (χ1v) is 11.2. The van der Waals surface area contributed by atoms with E-state index in [-0.39, 0.29) is 17.7 Å². The molecule has 1 aliphatic heterocycles. The summed E-state index contributed by atoms with van der Waals surface area (Å²) in [5.41, 5.74) is 3.38. The van der Waals surface area contributed by atoms with Crippen molar-refractivity contribution in [1.29, 1.82) is 0 Å². The summed E-state index contributed by atoms with van der Waals surface area (Å²) in [6.45, 7) is 1.44. The molecule has 31 heavy (non-hydrogen) atoms. The summed E-state index contributed by atoms with van der Waals surface area (Å²) in [6.07, 6.45) is 13.2. The molecule has 1 N–H and O–H groups in total. The number of anilines is 1. The molecule has 1 aliphatic carbocycles. The van der Waals surface area contributed by atoms with Crippen molar-refractivity contribution in [1.82, 2.24) is 9.88 Å². The Bertz CT molecular complexity index is 958. The van der Waals surface area contributed by atoms with Crippen molar-refractivity contribution in [2.45, 2.75) is 38.5 Å². The van der Waals surface area contributed by atoms with Crippen LogP contribution in [-0.2, 0) is 9.59 Å². The van der Waals surface area contributed by atoms with Crippen molar-refractivity contribution in [2.24, 2.45) is 5.92 Å². The number of nitrogens with zero attached hydrogens (tertiary/aromatic N) is 2. The van der Waals surface area contributed by atoms with Gasteiger partial charge in [0.25, 0.3) is 0 Å². The molecule has 1 aromatic heterocycles. The number of amides is 2. The van der Waals surface area contributed by atoms with Crippen molar-refractivity contribution >= 4 is 29.3 Å². The molecule has 160 valence electrons. The second kappa shape index (κ2) is 10.2. The van der Waals surface area contributed by atoms with Gasteiger partial charge in [-0.2, -0.15) is 0 Å². The normalized spacial score (nSPS) is 17.4. The molecule has 2 amide bonds. The molecule has 5 nitrogen and oxygen atoms in total. The lowest BCUT2D eigenvalue weighted by molar-refractivity contribution is -0.125. The third-order valence-electron chi connectivity index (χ3n) is 6.08. The van der Waals surface area contributed by atoms with Crippen LogP contribution < -0.4 is 5.32 Å². The van der Waals surface area contributed by atoms with E-state index in [0.29, 0.717) is 12.4 Å². The third-order valence-corrected chi connectivity index (χ3v) is 6.08. The smallest absolute Gasteiger partial charge is 0.246 e. The number of hydrogen-bond acceptors (Lipinski definition) is 3. The van der Waals surface area contributed by atoms with E-state index in [2.05, 4.69) is 28.5 Å². The molecule has 1 saturated carbocycles. The summed E-state index contributed by atoms with van der Waals surface area (Å²) in [5.74, 6) is 0.756. The Labute approximate surface area is 183 Å². The van der Waals surface area contributed by atoms with Crippen LogP contribution in [0, 0.1) is 5.92 Å². The van der Waals surface area contributed by atoms with E-state index >= 15 is 0 Å². The second-order valence-electron chi connectivity index (χ2n) is 8.24. The first kappa shape index (κ1) is 21.0. The maximum atomic E-state index is 12.7. The number of rotatable bonds is 5. The van der Waals surface area contributed by atoms with Crippen LogP contribution in [-0.4, -0.2) is 34.8 Å². The summed E-state index contributed by atoms with van der Waals surface area (Å²) >= 11 is 0. The monoisotopic (exact) mass is 415 g/mol. The zero-order chi connectivity index (χ0) is 21.5. The van der Waals surface area contributed by atoms with Gasteiger partial charge in [-0.3, -0.25) is 9.59 Å². The molecule has 0 unspecified atom stereocenters. The molecule has 2 heterocycles. The Hall–Kier alpha value is -3.21. The van der Waals surface area contributed by atoms with Gasteiger partial charge in [0.15, 0.2) is 0 Å². The molecule has 1 aromatic carbocycles. The minimum atomic E-state index is 0.0151. The quantitative estimate of drug-likeness (QED) is 0.705. The Morgan fingerprint density at radius 1 is 1.03 bits per heavy atom. The van der Waals surface area contributed by atoms with Crippen LogP contribution in [0.4, 0.5) is 5.82 Å². The summed E-state index contributed by atoms with van der Waals surface area (Å²) in [5, 5.41) is 2.90. The van der Waals surface area contributed by atoms with E-state index in [1.54, 1.807) is 24.4 Å². The van der Waals surface area contributed by atoms with Crippen LogP contribution >= 0.6 is 0 Å². The highest BCUT2D eigenvalue weighted by molar-refractivity contribution is 5.93. The zero-order valence-electron chi connectivity index (χ0n) is 17.8. The molecule has 0 spiro atoms. The van der Waals surface area contributed by atoms with Gasteiger partial charge >= 0.3 is 0 Å². The number of carbonyl (C=O) groups is 2. The predicted octanol–water partition coefficient (Wildman–Crippen LogP) is 4.93. The Balaban J connectivity index is 1.29. The van der Waals surface area contributed by atoms with Gasteiger partial charge in [0.1, 0.15) is 5.82 Å². The van der Waals surface area contributed by atoms with E-state index in [1.165, 1.54) is 11.1 Å². The number of aromatic nitrogens is 1. The molecular formula is C26H29N3O2. The summed E-state index contributed by atoms with van der Waals surface area (Å²) < 4.78 is 0. The molecule has 2 aliphatic rings. The fraction of sp³-hybridized carbons (Fsp3) is 0.346. The zero-order valence-corrected chi connectivity index (χ0v) is 17.8. The Morgan fingerprint density at radius 2 is 1.84 bits per heavy atom. The number of pyridine rings is 1. The third kappa shape index (κ3) is 5.69. The van der Waals surface area contributed by atoms with E-state index < -0.39 is 0 Å². The van der Waals surface area contributed by atoms with Crippen LogP contribution in [0.1, 0.15) is 49.7 Å². The summed E-state index contributed by atoms with van der Waals surface area (Å²) in [7, 11) is 0. The van der Waals surface area contributed by atoms with E-state index in [4.69, 9.17) is 0 Å². The summed E-state index contributed by atoms with van der Waals surface area (Å²) in [4.78, 5) is 31.1. The molecule has 0 bridgehead atoms. The molecule has 0 atom stereocenters. The fourth-order valence-electron chi connectivity index (χ4n) is 4.27. The average molecular weight is 416 g/mol. The standard InChI is InChI=1S/C26H29N3O2/c30-25(29-17-6-11-22(16-18-29)21-7-2-1-3-8-21)15-13-20-12-14-24(27-19-20)28-26(31)23-9-4-5-10-23/h1-3,7-8,11-15,19,23H,4-6,9-10,16-18H2,(H,27,28,31)/b15-13+. The fourth-order valence-corrected chi connectivity index (χ4v) is 4.27. The van der Waals surface area contributed by atoms with Gasteiger partial charge in [0, 0.05) is 31.3 Å². The molecule has 5 heteroatoms. The predicted molar refractivity (Wildman–Crippen MR) is 124 cm³/mol. The Morgan fingerprint density at radius 3 is 2.58 bits per heavy atom. The first-order chi connectivity index (χ1) is 15.2. The van der Waals surface area contributed by atoms with E-state index in [9.17, 15) is 9.59 Å². The number of carbonyl (C=O) groups excluding carboxylic acids is 2. The van der Waals surface area contributed by atoms with Crippen molar-refractivity contribution in [3.63, 3.8) is 0 Å². The van der Waals surface area contributed by atoms with Gasteiger partial charge in [-0.05, 0) is 60.6 Å². The highest BCUT2D eigenvalue weighted by Crippen LogP contribution is 2.26. The maximum absolute atomic E-state index is 12.7. The van der Waals surface area contributed by atoms with Crippen LogP contribution in [0.5, 0.6) is 0 Å². The maximum Gasteiger partial charge on any atom is 0.246 e. The minimum absolute atomic E-state index is 0.0151. The molecular weight excluding hydrogens is 386 g/mol. The SMILES string of the molecule is O=C(Nc1ccc(/C=C/C(=O)N2CCC=C(c3ccccc3)CC2)cn1)C1CCCC1. The van der Waals surface area contributed by atoms with Gasteiger partial charge in [-0.15, -0.1) is 0 Å². The van der Waals surface area contributed by atoms with Crippen LogP contribution in [0.2, 0.25) is 0 Å². The molecule has 1 fully saturated rings. The van der Waals surface area contributed by atoms with Crippen molar-refractivity contribution in [2.75, 3.05) is 18.4 Å². The highest BCUT2D eigenvalue weighted by Gasteiger charge is 2.22. The van der Waals surface area contributed by atoms with Gasteiger partial charge in [-0.1, -0.05) is 49.2 Å². The lowest BCUT2D eigenvalue weighted by atomic mass is 10.0. The molecule has 0 saturated heterocycles. The average Bonchev–Trinajstić information content (AvgIpc) is 3.24. The first-order valence-electron chi connectivity index (χ1n) is 11.2. The largest absolute Gasteiger partial charge is 0.339 e. The molecule has 4 rings (SSSR count). The van der Waals surface area contributed by atoms with Gasteiger partial charge in [-0.25, -0.2) is 4.98 Å². The van der Waals surface area contributed by atoms with Crippen LogP contribution in [0.15, 0.2) is 60.8 Å². The van der Waals surface area contributed by atoms with Crippen molar-refractivity contribution < 1.29 is 9.59 Å². The lowest BCUT2D eigenvalue weighted by Crippen LogP contribution is -2.30. The van der Waals surface area contributed by atoms with Crippen LogP contribution in [0.3, 0.4) is 0 Å². The summed E-state index contributed by atoms with van der Waals surface area (Å²) in [6, 6.07) is 14.0. The van der Waals surface area contributed by atoms with E-state index in [0.717, 1.165) is 50.6 Å². The number of hydrogen-bond donors (Lipinski definition) is 1.